The summed E-state index contributed by atoms with van der Waals surface area (Å²) in [6.07, 6.45) is 0.0347. The van der Waals surface area contributed by atoms with Crippen LogP contribution in [0.2, 0.25) is 5.02 Å². The van der Waals surface area contributed by atoms with Gasteiger partial charge in [0.2, 0.25) is 11.3 Å². The molecule has 2 atom stereocenters. The van der Waals surface area contributed by atoms with E-state index in [4.69, 9.17) is 16.0 Å². The molecule has 2 amide bonds. The molecule has 2 aromatic carbocycles. The van der Waals surface area contributed by atoms with Crippen LogP contribution in [0.15, 0.2) is 58.2 Å². The van der Waals surface area contributed by atoms with Crippen LogP contribution in [0, 0.1) is 0 Å². The maximum Gasteiger partial charge on any atom is 0.416 e. The van der Waals surface area contributed by atoms with Crippen molar-refractivity contribution in [3.05, 3.63) is 81.1 Å². The largest absolute Gasteiger partial charge is 0.443 e. The van der Waals surface area contributed by atoms with Crippen molar-refractivity contribution in [2.45, 2.75) is 51.0 Å². The number of hydrogen-bond acceptors (Lipinski definition) is 9. The van der Waals surface area contributed by atoms with Crippen LogP contribution in [-0.2, 0) is 23.9 Å². The average molecular weight is 709 g/mol. The summed E-state index contributed by atoms with van der Waals surface area (Å²) < 4.78 is 46.8. The number of halogens is 4. The topological polar surface area (TPSA) is 130 Å². The van der Waals surface area contributed by atoms with Gasteiger partial charge in [0.25, 0.3) is 5.91 Å². The van der Waals surface area contributed by atoms with Gasteiger partial charge in [0.1, 0.15) is 23.6 Å². The standard InChI is InChI=1S/C34H32ClF3N8O4/c1-4-23-29(44-12-13-45(25-11-10-24(25)44)33(49)19-6-5-7-22-31(19)50-17-40-22)30(48)28-32(39-15-26(42-28)43(2)3)46(23)16-27(47)41-21-9-8-18(14-20(21)35)34(36,37)38/h5-9,14-15,17,24-25H,4,10-13,16H2,1-3H3,(H,41,47)/t24-,25-/m0/s1. The molecule has 260 valence electrons. The Bertz CT molecular complexity index is 2220. The minimum atomic E-state index is -4.60. The summed E-state index contributed by atoms with van der Waals surface area (Å²) in [4.78, 5) is 60.7. The predicted molar refractivity (Wildman–Crippen MR) is 182 cm³/mol. The number of benzene rings is 2. The molecule has 7 rings (SSSR count). The van der Waals surface area contributed by atoms with Gasteiger partial charge < -0.3 is 29.0 Å². The fourth-order valence-electron chi connectivity index (χ4n) is 6.87. The molecule has 12 nitrogen and oxygen atoms in total. The fourth-order valence-corrected chi connectivity index (χ4v) is 7.09. The summed E-state index contributed by atoms with van der Waals surface area (Å²) in [5.41, 5.74) is 1.34. The number of pyridine rings is 1. The van der Waals surface area contributed by atoms with Gasteiger partial charge in [-0.15, -0.1) is 0 Å². The van der Waals surface area contributed by atoms with Gasteiger partial charge in [-0.3, -0.25) is 14.4 Å². The molecule has 1 aliphatic carbocycles. The first-order chi connectivity index (χ1) is 23.9. The van der Waals surface area contributed by atoms with E-state index in [0.717, 1.165) is 31.0 Å². The van der Waals surface area contributed by atoms with E-state index in [1.807, 2.05) is 16.7 Å². The molecule has 1 saturated heterocycles. The lowest BCUT2D eigenvalue weighted by molar-refractivity contribution is -0.137. The average Bonchev–Trinajstić information content (AvgIpc) is 3.55. The molecule has 2 fully saturated rings. The van der Waals surface area contributed by atoms with Crippen LogP contribution in [0.25, 0.3) is 22.3 Å². The molecule has 50 heavy (non-hydrogen) atoms. The molecule has 1 saturated carbocycles. The molecular formula is C34H32ClF3N8O4. The lowest BCUT2D eigenvalue weighted by Crippen LogP contribution is -2.67. The van der Waals surface area contributed by atoms with Crippen LogP contribution < -0.4 is 20.5 Å². The number of hydrogen-bond donors (Lipinski definition) is 1. The zero-order valence-corrected chi connectivity index (χ0v) is 28.0. The van der Waals surface area contributed by atoms with Crippen LogP contribution >= 0.6 is 11.6 Å². The minimum absolute atomic E-state index is 0.00777. The van der Waals surface area contributed by atoms with E-state index in [9.17, 15) is 27.6 Å². The van der Waals surface area contributed by atoms with E-state index in [0.29, 0.717) is 53.4 Å². The quantitative estimate of drug-likeness (QED) is 0.237. The van der Waals surface area contributed by atoms with E-state index in [1.165, 1.54) is 12.6 Å². The zero-order chi connectivity index (χ0) is 35.5. The highest BCUT2D eigenvalue weighted by atomic mass is 35.5. The van der Waals surface area contributed by atoms with E-state index in [-0.39, 0.29) is 51.8 Å². The van der Waals surface area contributed by atoms with Crippen molar-refractivity contribution in [2.75, 3.05) is 42.3 Å². The predicted octanol–water partition coefficient (Wildman–Crippen LogP) is 5.37. The zero-order valence-electron chi connectivity index (χ0n) is 27.3. The Balaban J connectivity index is 1.25. The lowest BCUT2D eigenvalue weighted by atomic mass is 9.81. The number of carbonyl (C=O) groups is 2. The number of nitrogens with zero attached hydrogens (tertiary/aromatic N) is 7. The number of oxazole rings is 1. The summed E-state index contributed by atoms with van der Waals surface area (Å²) in [5.74, 6) is -0.321. The van der Waals surface area contributed by atoms with Crippen LogP contribution in [0.1, 0.15) is 41.4 Å². The molecule has 3 aromatic heterocycles. The van der Waals surface area contributed by atoms with Gasteiger partial charge in [-0.1, -0.05) is 24.6 Å². The van der Waals surface area contributed by atoms with Crippen LogP contribution in [-0.4, -0.2) is 75.5 Å². The van der Waals surface area contributed by atoms with Crippen LogP contribution in [0.3, 0.4) is 0 Å². The molecule has 16 heteroatoms. The summed E-state index contributed by atoms with van der Waals surface area (Å²) in [5, 5.41) is 2.33. The molecule has 1 N–H and O–H groups in total. The summed E-state index contributed by atoms with van der Waals surface area (Å²) in [6.45, 7) is 2.22. The minimum Gasteiger partial charge on any atom is -0.443 e. The second kappa shape index (κ2) is 12.6. The van der Waals surface area contributed by atoms with Gasteiger partial charge in [-0.25, -0.2) is 15.0 Å². The maximum absolute atomic E-state index is 14.4. The molecule has 0 radical (unpaired) electrons. The number of amides is 2. The van der Waals surface area contributed by atoms with Crippen molar-refractivity contribution in [2.24, 2.45) is 0 Å². The Morgan fingerprint density at radius 3 is 2.56 bits per heavy atom. The highest BCUT2D eigenvalue weighted by molar-refractivity contribution is 6.33. The van der Waals surface area contributed by atoms with E-state index < -0.39 is 17.6 Å². The van der Waals surface area contributed by atoms with Gasteiger partial charge in [-0.2, -0.15) is 13.2 Å². The second-order valence-corrected chi connectivity index (χ2v) is 12.9. The molecule has 2 aliphatic rings. The monoisotopic (exact) mass is 708 g/mol. The number of aromatic nitrogens is 4. The number of fused-ring (bicyclic) bond motifs is 3. The number of alkyl halides is 3. The summed E-state index contributed by atoms with van der Waals surface area (Å²) in [6, 6.07) is 7.61. The smallest absolute Gasteiger partial charge is 0.416 e. The number of rotatable bonds is 7. The number of carbonyl (C=O) groups excluding carboxylic acids is 2. The summed E-state index contributed by atoms with van der Waals surface area (Å²) in [7, 11) is 3.54. The van der Waals surface area contributed by atoms with Gasteiger partial charge in [0.15, 0.2) is 23.1 Å². The first-order valence-corrected chi connectivity index (χ1v) is 16.4. The van der Waals surface area contributed by atoms with E-state index in [1.54, 1.807) is 41.8 Å². The Labute approximate surface area is 288 Å². The highest BCUT2D eigenvalue weighted by Gasteiger charge is 2.47. The number of anilines is 3. The summed E-state index contributed by atoms with van der Waals surface area (Å²) >= 11 is 6.13. The Hall–Kier alpha value is -5.18. The fraction of sp³-hybridized carbons (Fsp3) is 0.353. The van der Waals surface area contributed by atoms with Crippen molar-refractivity contribution in [1.82, 2.24) is 24.4 Å². The Morgan fingerprint density at radius 2 is 1.88 bits per heavy atom. The van der Waals surface area contributed by atoms with E-state index >= 15 is 0 Å². The van der Waals surface area contributed by atoms with Gasteiger partial charge in [0.05, 0.1) is 34.1 Å². The molecule has 0 spiro atoms. The van der Waals surface area contributed by atoms with Gasteiger partial charge >= 0.3 is 6.18 Å². The van der Waals surface area contributed by atoms with Crippen molar-refractivity contribution >= 4 is 62.9 Å². The first kappa shape index (κ1) is 33.3. The van der Waals surface area contributed by atoms with Crippen molar-refractivity contribution in [3.8, 4) is 0 Å². The lowest BCUT2D eigenvalue weighted by Gasteiger charge is -2.54. The number of nitrogens with one attached hydrogen (secondary N) is 1. The number of para-hydroxylation sites is 1. The SMILES string of the molecule is CCc1c(N2CCN(C(=O)c3cccc4ncoc34)[C@H]3CC[C@@H]32)c(=O)c2nc(N(C)C)cnc2n1CC(=O)Nc1ccc(C(F)(F)F)cc1Cl. The van der Waals surface area contributed by atoms with Gasteiger partial charge in [-0.05, 0) is 49.6 Å². The Morgan fingerprint density at radius 1 is 1.10 bits per heavy atom. The van der Waals surface area contributed by atoms with Crippen molar-refractivity contribution in [1.29, 1.82) is 0 Å². The van der Waals surface area contributed by atoms with Crippen LogP contribution in [0.5, 0.6) is 0 Å². The molecule has 4 heterocycles. The molecule has 0 bridgehead atoms. The molecule has 0 unspecified atom stereocenters. The van der Waals surface area contributed by atoms with Crippen molar-refractivity contribution in [3.63, 3.8) is 0 Å². The number of piperazine rings is 1. The first-order valence-electron chi connectivity index (χ1n) is 16.0. The third-order valence-electron chi connectivity index (χ3n) is 9.41. The maximum atomic E-state index is 14.4. The molecule has 5 aromatic rings. The third kappa shape index (κ3) is 5.68. The molecule has 1 aliphatic heterocycles. The molecular weight excluding hydrogens is 677 g/mol. The third-order valence-corrected chi connectivity index (χ3v) is 9.72. The van der Waals surface area contributed by atoms with Crippen LogP contribution in [0.4, 0.5) is 30.4 Å². The van der Waals surface area contributed by atoms with Gasteiger partial charge in [0, 0.05) is 38.9 Å². The highest BCUT2D eigenvalue weighted by Crippen LogP contribution is 2.39. The normalized spacial score (nSPS) is 17.5. The van der Waals surface area contributed by atoms with Crippen molar-refractivity contribution < 1.29 is 27.2 Å². The Kier molecular flexibility index (Phi) is 8.40. The van der Waals surface area contributed by atoms with E-state index in [2.05, 4.69) is 20.3 Å². The second-order valence-electron chi connectivity index (χ2n) is 12.5.